The molecule has 2 N–H and O–H groups in total. The summed E-state index contributed by atoms with van der Waals surface area (Å²) < 4.78 is 13.4. The number of aliphatic hydroxyl groups is 1. The molecule has 7 heteroatoms. The molecule has 2 heterocycles. The molecule has 0 unspecified atom stereocenters. The number of nitrogens with zero attached hydrogens (tertiary/aromatic N) is 3. The number of anilines is 2. The highest BCUT2D eigenvalue weighted by Gasteiger charge is 2.20. The molecule has 6 nitrogen and oxygen atoms in total. The SMILES string of the molecule is CC(=O)C1=CC=C(Nc2nc(-c3ccc(F)cc3)cc(N3CCC(O)CC3)n2)C=CC1. The van der Waals surface area contributed by atoms with E-state index in [1.807, 2.05) is 24.3 Å². The Morgan fingerprint density at radius 1 is 1.16 bits per heavy atom. The number of carbonyl (C=O) groups is 1. The normalized spacial score (nSPS) is 17.1. The third-order valence-electron chi connectivity index (χ3n) is 5.45. The average Bonchev–Trinajstić information content (AvgIpc) is 3.00. The summed E-state index contributed by atoms with van der Waals surface area (Å²) in [4.78, 5) is 23.1. The van der Waals surface area contributed by atoms with Gasteiger partial charge in [0.2, 0.25) is 5.95 Å². The smallest absolute Gasteiger partial charge is 0.229 e. The van der Waals surface area contributed by atoms with Crippen molar-refractivity contribution in [3.63, 3.8) is 0 Å². The standard InChI is InChI=1S/C24H25FN4O2/c1-16(30)17-3-2-4-20(10-7-17)26-24-27-22(18-5-8-19(25)9-6-18)15-23(28-24)29-13-11-21(31)12-14-29/h2,4-10,15,21,31H,3,11-14H2,1H3,(H,26,27,28). The van der Waals surface area contributed by atoms with Crippen LogP contribution in [-0.2, 0) is 4.79 Å². The summed E-state index contributed by atoms with van der Waals surface area (Å²) in [6.45, 7) is 2.96. The van der Waals surface area contributed by atoms with Crippen molar-refractivity contribution in [2.45, 2.75) is 32.3 Å². The summed E-state index contributed by atoms with van der Waals surface area (Å²) >= 11 is 0. The Morgan fingerprint density at radius 2 is 1.90 bits per heavy atom. The van der Waals surface area contributed by atoms with Crippen molar-refractivity contribution >= 4 is 17.5 Å². The number of hydrogen-bond acceptors (Lipinski definition) is 6. The molecule has 1 aromatic heterocycles. The number of Topliss-reactive ketones (excluding diaryl/α,β-unsaturated/α-hetero) is 1. The van der Waals surface area contributed by atoms with Crippen LogP contribution in [0.2, 0.25) is 0 Å². The van der Waals surface area contributed by atoms with Gasteiger partial charge in [0.15, 0.2) is 5.78 Å². The molecule has 1 aromatic carbocycles. The Hall–Kier alpha value is -3.32. The zero-order valence-electron chi connectivity index (χ0n) is 17.4. The zero-order valence-corrected chi connectivity index (χ0v) is 17.4. The van der Waals surface area contributed by atoms with Crippen LogP contribution in [0.15, 0.2) is 65.9 Å². The molecule has 160 valence electrons. The monoisotopic (exact) mass is 420 g/mol. The minimum Gasteiger partial charge on any atom is -0.393 e. The Morgan fingerprint density at radius 3 is 2.61 bits per heavy atom. The molecule has 1 saturated heterocycles. The number of rotatable bonds is 5. The molecule has 4 rings (SSSR count). The van der Waals surface area contributed by atoms with Crippen LogP contribution in [0.1, 0.15) is 26.2 Å². The minimum absolute atomic E-state index is 0.0475. The molecule has 1 aliphatic carbocycles. The van der Waals surface area contributed by atoms with Gasteiger partial charge in [-0.1, -0.05) is 12.2 Å². The molecule has 0 radical (unpaired) electrons. The van der Waals surface area contributed by atoms with E-state index in [4.69, 9.17) is 0 Å². The summed E-state index contributed by atoms with van der Waals surface area (Å²) in [5, 5.41) is 13.1. The minimum atomic E-state index is -0.303. The molecule has 0 atom stereocenters. The first-order chi connectivity index (χ1) is 15.0. The highest BCUT2D eigenvalue weighted by Crippen LogP contribution is 2.26. The van der Waals surface area contributed by atoms with Gasteiger partial charge in [0.25, 0.3) is 0 Å². The Balaban J connectivity index is 1.67. The van der Waals surface area contributed by atoms with Crippen molar-refractivity contribution in [1.82, 2.24) is 9.97 Å². The molecule has 1 fully saturated rings. The van der Waals surface area contributed by atoms with Gasteiger partial charge in [0.05, 0.1) is 11.8 Å². The van der Waals surface area contributed by atoms with Crippen LogP contribution >= 0.6 is 0 Å². The van der Waals surface area contributed by atoms with Crippen molar-refractivity contribution in [2.24, 2.45) is 0 Å². The number of hydrogen-bond donors (Lipinski definition) is 2. The number of benzene rings is 1. The van der Waals surface area contributed by atoms with Gasteiger partial charge < -0.3 is 15.3 Å². The summed E-state index contributed by atoms with van der Waals surface area (Å²) in [5.74, 6) is 0.912. The number of nitrogens with one attached hydrogen (secondary N) is 1. The second-order valence-corrected chi connectivity index (χ2v) is 7.76. The fraction of sp³-hybridized carbons (Fsp3) is 0.292. The van der Waals surface area contributed by atoms with Crippen LogP contribution < -0.4 is 10.2 Å². The number of ketones is 1. The number of allylic oxidation sites excluding steroid dienone is 5. The first-order valence-electron chi connectivity index (χ1n) is 10.4. The van der Waals surface area contributed by atoms with Crippen LogP contribution in [0.5, 0.6) is 0 Å². The first kappa shape index (κ1) is 20.9. The van der Waals surface area contributed by atoms with Gasteiger partial charge in [-0.15, -0.1) is 0 Å². The average molecular weight is 420 g/mol. The maximum absolute atomic E-state index is 13.4. The lowest BCUT2D eigenvalue weighted by Crippen LogP contribution is -2.36. The fourth-order valence-corrected chi connectivity index (χ4v) is 3.62. The van der Waals surface area contributed by atoms with Crippen LogP contribution in [-0.4, -0.2) is 40.1 Å². The topological polar surface area (TPSA) is 78.4 Å². The molecular formula is C24H25FN4O2. The number of halogens is 1. The lowest BCUT2D eigenvalue weighted by Gasteiger charge is -2.30. The third-order valence-corrected chi connectivity index (χ3v) is 5.45. The number of piperidine rings is 1. The lowest BCUT2D eigenvalue weighted by molar-refractivity contribution is -0.113. The van der Waals surface area contributed by atoms with Crippen molar-refractivity contribution < 1.29 is 14.3 Å². The third kappa shape index (κ3) is 5.24. The molecule has 0 spiro atoms. The molecule has 2 aliphatic rings. The van der Waals surface area contributed by atoms with Crippen molar-refractivity contribution in [3.05, 3.63) is 71.7 Å². The van der Waals surface area contributed by atoms with Gasteiger partial charge in [-0.2, -0.15) is 4.98 Å². The van der Waals surface area contributed by atoms with Crippen LogP contribution in [0.4, 0.5) is 16.2 Å². The number of aromatic nitrogens is 2. The van der Waals surface area contributed by atoms with E-state index in [1.54, 1.807) is 25.1 Å². The Bertz CT molecular complexity index is 1050. The number of carbonyl (C=O) groups excluding carboxylic acids is 1. The van der Waals surface area contributed by atoms with Gasteiger partial charge >= 0.3 is 0 Å². The summed E-state index contributed by atoms with van der Waals surface area (Å²) in [6, 6.07) is 8.09. The second kappa shape index (κ2) is 9.22. The largest absolute Gasteiger partial charge is 0.393 e. The molecule has 2 aromatic rings. The first-order valence-corrected chi connectivity index (χ1v) is 10.4. The van der Waals surface area contributed by atoms with E-state index < -0.39 is 0 Å². The Labute approximate surface area is 180 Å². The van der Waals surface area contributed by atoms with Gasteiger partial charge in [0.1, 0.15) is 11.6 Å². The molecule has 0 saturated carbocycles. The van der Waals surface area contributed by atoms with Crippen LogP contribution in [0, 0.1) is 5.82 Å². The predicted molar refractivity (Wildman–Crippen MR) is 119 cm³/mol. The van der Waals surface area contributed by atoms with E-state index in [2.05, 4.69) is 20.2 Å². The predicted octanol–water partition coefficient (Wildman–Crippen LogP) is 4.01. The quantitative estimate of drug-likeness (QED) is 0.761. The van der Waals surface area contributed by atoms with Gasteiger partial charge in [-0.3, -0.25) is 4.79 Å². The number of aliphatic hydroxyl groups excluding tert-OH is 1. The highest BCUT2D eigenvalue weighted by atomic mass is 19.1. The molecule has 1 aliphatic heterocycles. The summed E-state index contributed by atoms with van der Waals surface area (Å²) in [6.07, 6.45) is 9.14. The van der Waals surface area contributed by atoms with E-state index in [9.17, 15) is 14.3 Å². The van der Waals surface area contributed by atoms with Gasteiger partial charge in [-0.25, -0.2) is 9.37 Å². The summed E-state index contributed by atoms with van der Waals surface area (Å²) in [7, 11) is 0. The van der Waals surface area contributed by atoms with Gasteiger partial charge in [-0.05, 0) is 68.2 Å². The van der Waals surface area contributed by atoms with Crippen molar-refractivity contribution in [2.75, 3.05) is 23.3 Å². The lowest BCUT2D eigenvalue weighted by atomic mass is 10.1. The fourth-order valence-electron chi connectivity index (χ4n) is 3.62. The van der Waals surface area contributed by atoms with E-state index in [0.717, 1.165) is 22.7 Å². The summed E-state index contributed by atoms with van der Waals surface area (Å²) in [5.41, 5.74) is 2.97. The van der Waals surface area contributed by atoms with Crippen LogP contribution in [0.25, 0.3) is 11.3 Å². The van der Waals surface area contributed by atoms with E-state index >= 15 is 0 Å². The molecule has 0 amide bonds. The van der Waals surface area contributed by atoms with Crippen molar-refractivity contribution in [1.29, 1.82) is 0 Å². The zero-order chi connectivity index (χ0) is 21.8. The second-order valence-electron chi connectivity index (χ2n) is 7.76. The molecule has 0 bridgehead atoms. The maximum atomic E-state index is 13.4. The molecular weight excluding hydrogens is 395 g/mol. The van der Waals surface area contributed by atoms with E-state index in [-0.39, 0.29) is 17.7 Å². The van der Waals surface area contributed by atoms with Gasteiger partial charge in [0, 0.05) is 30.4 Å². The Kier molecular flexibility index (Phi) is 6.23. The van der Waals surface area contributed by atoms with E-state index in [0.29, 0.717) is 44.0 Å². The molecule has 31 heavy (non-hydrogen) atoms. The van der Waals surface area contributed by atoms with Crippen LogP contribution in [0.3, 0.4) is 0 Å². The highest BCUT2D eigenvalue weighted by molar-refractivity contribution is 5.94. The van der Waals surface area contributed by atoms with E-state index in [1.165, 1.54) is 12.1 Å². The van der Waals surface area contributed by atoms with Crippen molar-refractivity contribution in [3.8, 4) is 11.3 Å². The maximum Gasteiger partial charge on any atom is 0.229 e.